The lowest BCUT2D eigenvalue weighted by atomic mass is 10.2. The number of benzene rings is 1. The molecule has 0 bridgehead atoms. The molecule has 0 amide bonds. The van der Waals surface area contributed by atoms with Crippen molar-refractivity contribution in [3.8, 4) is 0 Å². The normalized spacial score (nSPS) is 18.3. The topological polar surface area (TPSA) is 38.9 Å². The van der Waals surface area contributed by atoms with E-state index in [1.54, 1.807) is 0 Å². The molecule has 2 aromatic heterocycles. The van der Waals surface area contributed by atoms with Gasteiger partial charge in [0.05, 0.1) is 12.6 Å². The number of imidazole rings is 2. The molecule has 124 valence electrons. The number of aryl methyl sites for hydroxylation is 1. The molecule has 1 aliphatic rings. The highest BCUT2D eigenvalue weighted by atomic mass is 15.2. The lowest BCUT2D eigenvalue weighted by molar-refractivity contribution is 0.228. The standard InChI is InChI=1S/C19H23N5/c1-22-12-9-21-19(22)17-8-5-11-23(17)15-18-20-10-13-24(18)14-16-6-3-2-4-7-16/h2-4,6-7,9-10,12-13,17H,5,8,11,14-15H2,1H3/t17-/m0/s1. The van der Waals surface area contributed by atoms with E-state index in [0.29, 0.717) is 6.04 Å². The fourth-order valence-corrected chi connectivity index (χ4v) is 3.60. The molecule has 24 heavy (non-hydrogen) atoms. The lowest BCUT2D eigenvalue weighted by Crippen LogP contribution is -2.26. The van der Waals surface area contributed by atoms with E-state index in [1.165, 1.54) is 18.4 Å². The highest BCUT2D eigenvalue weighted by molar-refractivity contribution is 5.16. The second kappa shape index (κ2) is 6.61. The molecule has 1 aliphatic heterocycles. The Morgan fingerprint density at radius 2 is 1.88 bits per heavy atom. The van der Waals surface area contributed by atoms with Crippen molar-refractivity contribution in [2.24, 2.45) is 7.05 Å². The second-order valence-corrected chi connectivity index (χ2v) is 6.48. The molecule has 1 saturated heterocycles. The van der Waals surface area contributed by atoms with E-state index in [-0.39, 0.29) is 0 Å². The van der Waals surface area contributed by atoms with Gasteiger partial charge in [-0.2, -0.15) is 0 Å². The number of likely N-dealkylation sites (tertiary alicyclic amines) is 1. The van der Waals surface area contributed by atoms with Crippen molar-refractivity contribution in [3.63, 3.8) is 0 Å². The summed E-state index contributed by atoms with van der Waals surface area (Å²) < 4.78 is 4.39. The number of rotatable bonds is 5. The molecule has 4 rings (SSSR count). The van der Waals surface area contributed by atoms with Crippen molar-refractivity contribution in [2.75, 3.05) is 6.54 Å². The van der Waals surface area contributed by atoms with E-state index < -0.39 is 0 Å². The number of hydrogen-bond donors (Lipinski definition) is 0. The van der Waals surface area contributed by atoms with Crippen molar-refractivity contribution in [3.05, 3.63) is 72.3 Å². The van der Waals surface area contributed by atoms with Gasteiger partial charge in [-0.25, -0.2) is 9.97 Å². The Morgan fingerprint density at radius 3 is 2.67 bits per heavy atom. The van der Waals surface area contributed by atoms with Gasteiger partial charge < -0.3 is 9.13 Å². The largest absolute Gasteiger partial charge is 0.337 e. The smallest absolute Gasteiger partial charge is 0.125 e. The maximum Gasteiger partial charge on any atom is 0.125 e. The summed E-state index contributed by atoms with van der Waals surface area (Å²) >= 11 is 0. The maximum atomic E-state index is 4.61. The van der Waals surface area contributed by atoms with Gasteiger partial charge in [0.2, 0.25) is 0 Å². The quantitative estimate of drug-likeness (QED) is 0.725. The Bertz CT molecular complexity index is 789. The van der Waals surface area contributed by atoms with Crippen LogP contribution in [0.5, 0.6) is 0 Å². The zero-order valence-electron chi connectivity index (χ0n) is 14.0. The zero-order chi connectivity index (χ0) is 16.4. The minimum atomic E-state index is 0.395. The summed E-state index contributed by atoms with van der Waals surface area (Å²) in [4.78, 5) is 11.7. The molecule has 0 N–H and O–H groups in total. The summed E-state index contributed by atoms with van der Waals surface area (Å²) in [5.74, 6) is 2.29. The van der Waals surface area contributed by atoms with Crippen molar-refractivity contribution in [2.45, 2.75) is 32.0 Å². The fourth-order valence-electron chi connectivity index (χ4n) is 3.60. The Hall–Kier alpha value is -2.40. The van der Waals surface area contributed by atoms with Gasteiger partial charge in [0.15, 0.2) is 0 Å². The van der Waals surface area contributed by atoms with Crippen LogP contribution in [0.2, 0.25) is 0 Å². The van der Waals surface area contributed by atoms with Crippen LogP contribution in [-0.2, 0) is 20.1 Å². The molecule has 0 saturated carbocycles. The maximum absolute atomic E-state index is 4.61. The molecule has 1 fully saturated rings. The van der Waals surface area contributed by atoms with E-state index >= 15 is 0 Å². The summed E-state index contributed by atoms with van der Waals surface area (Å²) in [6.45, 7) is 2.85. The Balaban J connectivity index is 1.51. The molecular formula is C19H23N5. The Morgan fingerprint density at radius 1 is 1.04 bits per heavy atom. The van der Waals surface area contributed by atoms with Crippen LogP contribution < -0.4 is 0 Å². The van der Waals surface area contributed by atoms with Crippen LogP contribution in [0.15, 0.2) is 55.1 Å². The minimum Gasteiger partial charge on any atom is -0.337 e. The van der Waals surface area contributed by atoms with Gasteiger partial charge >= 0.3 is 0 Å². The number of nitrogens with zero attached hydrogens (tertiary/aromatic N) is 5. The van der Waals surface area contributed by atoms with Crippen molar-refractivity contribution >= 4 is 0 Å². The van der Waals surface area contributed by atoms with Gasteiger partial charge in [0.1, 0.15) is 11.6 Å². The van der Waals surface area contributed by atoms with Crippen LogP contribution in [0, 0.1) is 0 Å². The van der Waals surface area contributed by atoms with Crippen LogP contribution in [-0.4, -0.2) is 30.5 Å². The first kappa shape index (κ1) is 15.1. The minimum absolute atomic E-state index is 0.395. The van der Waals surface area contributed by atoms with Crippen LogP contribution in [0.3, 0.4) is 0 Å². The first-order valence-electron chi connectivity index (χ1n) is 8.56. The van der Waals surface area contributed by atoms with E-state index in [4.69, 9.17) is 0 Å². The van der Waals surface area contributed by atoms with Crippen molar-refractivity contribution in [1.82, 2.24) is 24.0 Å². The molecule has 0 spiro atoms. The SMILES string of the molecule is Cn1ccnc1[C@@H]1CCCN1Cc1nccn1Cc1ccccc1. The third kappa shape index (κ3) is 2.99. The number of aromatic nitrogens is 4. The van der Waals surface area contributed by atoms with Crippen molar-refractivity contribution in [1.29, 1.82) is 0 Å². The third-order valence-electron chi connectivity index (χ3n) is 4.86. The van der Waals surface area contributed by atoms with Crippen molar-refractivity contribution < 1.29 is 0 Å². The highest BCUT2D eigenvalue weighted by Crippen LogP contribution is 2.31. The Kier molecular flexibility index (Phi) is 4.17. The second-order valence-electron chi connectivity index (χ2n) is 6.48. The van der Waals surface area contributed by atoms with E-state index in [2.05, 4.69) is 67.6 Å². The molecule has 0 aliphatic carbocycles. The molecule has 0 radical (unpaired) electrons. The van der Waals surface area contributed by atoms with Crippen LogP contribution in [0.25, 0.3) is 0 Å². The zero-order valence-corrected chi connectivity index (χ0v) is 14.0. The highest BCUT2D eigenvalue weighted by Gasteiger charge is 2.29. The molecular weight excluding hydrogens is 298 g/mol. The van der Waals surface area contributed by atoms with Crippen LogP contribution in [0.4, 0.5) is 0 Å². The van der Waals surface area contributed by atoms with Crippen LogP contribution >= 0.6 is 0 Å². The van der Waals surface area contributed by atoms with Gasteiger partial charge in [-0.05, 0) is 24.9 Å². The molecule has 1 atom stereocenters. The molecule has 3 aromatic rings. The van der Waals surface area contributed by atoms with E-state index in [0.717, 1.165) is 31.3 Å². The fraction of sp³-hybridized carbons (Fsp3) is 0.368. The molecule has 5 heteroatoms. The monoisotopic (exact) mass is 321 g/mol. The van der Waals surface area contributed by atoms with Gasteiger partial charge in [-0.3, -0.25) is 4.90 Å². The third-order valence-corrected chi connectivity index (χ3v) is 4.86. The first-order valence-corrected chi connectivity index (χ1v) is 8.56. The average Bonchev–Trinajstić information content (AvgIpc) is 3.31. The van der Waals surface area contributed by atoms with Crippen LogP contribution in [0.1, 0.15) is 36.1 Å². The molecule has 3 heterocycles. The molecule has 0 unspecified atom stereocenters. The first-order chi connectivity index (χ1) is 11.8. The van der Waals surface area contributed by atoms with Gasteiger partial charge in [0, 0.05) is 38.4 Å². The summed E-state index contributed by atoms with van der Waals surface area (Å²) in [7, 11) is 2.08. The lowest BCUT2D eigenvalue weighted by Gasteiger charge is -2.24. The summed E-state index contributed by atoms with van der Waals surface area (Å²) in [5.41, 5.74) is 1.30. The summed E-state index contributed by atoms with van der Waals surface area (Å²) in [5, 5.41) is 0. The predicted octanol–water partition coefficient (Wildman–Crippen LogP) is 3.00. The molecule has 1 aromatic carbocycles. The van der Waals surface area contributed by atoms with E-state index in [1.807, 2.05) is 18.6 Å². The number of hydrogen-bond acceptors (Lipinski definition) is 3. The predicted molar refractivity (Wildman–Crippen MR) is 93.4 cm³/mol. The van der Waals surface area contributed by atoms with Gasteiger partial charge in [0.25, 0.3) is 0 Å². The van der Waals surface area contributed by atoms with Gasteiger partial charge in [-0.15, -0.1) is 0 Å². The summed E-state index contributed by atoms with van der Waals surface area (Å²) in [6, 6.07) is 11.0. The van der Waals surface area contributed by atoms with E-state index in [9.17, 15) is 0 Å². The Labute approximate surface area is 142 Å². The summed E-state index contributed by atoms with van der Waals surface area (Å²) in [6.07, 6.45) is 10.3. The van der Waals surface area contributed by atoms with Gasteiger partial charge in [-0.1, -0.05) is 30.3 Å². The molecule has 5 nitrogen and oxygen atoms in total. The average molecular weight is 321 g/mol.